The van der Waals surface area contributed by atoms with Crippen molar-refractivity contribution >= 4 is 19.1 Å². The van der Waals surface area contributed by atoms with Crippen LogP contribution < -0.4 is 15.9 Å². The van der Waals surface area contributed by atoms with Crippen molar-refractivity contribution in [1.82, 2.24) is 0 Å². The van der Waals surface area contributed by atoms with Crippen molar-refractivity contribution in [2.45, 2.75) is 25.3 Å². The lowest BCUT2D eigenvalue weighted by molar-refractivity contribution is 0.411. The first-order chi connectivity index (χ1) is 10.5. The fraction of sp³-hybridized carbons (Fsp3) is 0.278. The normalized spacial score (nSPS) is 20.7. The van der Waals surface area contributed by atoms with Crippen LogP contribution in [0.3, 0.4) is 0 Å². The van der Waals surface area contributed by atoms with Crippen LogP contribution in [0.2, 0.25) is 0 Å². The van der Waals surface area contributed by atoms with Crippen molar-refractivity contribution in [2.24, 2.45) is 10.7 Å². The van der Waals surface area contributed by atoms with Crippen LogP contribution in [0.5, 0.6) is 5.75 Å². The van der Waals surface area contributed by atoms with Crippen molar-refractivity contribution in [3.05, 3.63) is 59.2 Å². The first-order valence-corrected chi connectivity index (χ1v) is 7.61. The SMILES string of the molecule is Bc1cccc(C2(c3ccc(OC)c(C)c3)CCC(N)=N2)c1. The molecule has 2 aromatic rings. The average Bonchev–Trinajstić information content (AvgIpc) is 2.90. The fourth-order valence-corrected chi connectivity index (χ4v) is 3.29. The molecule has 2 aromatic carbocycles. The second-order valence-corrected chi connectivity index (χ2v) is 6.02. The third kappa shape index (κ3) is 2.39. The summed E-state index contributed by atoms with van der Waals surface area (Å²) in [6.07, 6.45) is 1.74. The lowest BCUT2D eigenvalue weighted by atomic mass is 9.79. The summed E-state index contributed by atoms with van der Waals surface area (Å²) < 4.78 is 5.38. The van der Waals surface area contributed by atoms with Crippen LogP contribution in [0.1, 0.15) is 29.5 Å². The van der Waals surface area contributed by atoms with E-state index in [-0.39, 0.29) is 5.54 Å². The maximum Gasteiger partial charge on any atom is 0.139 e. The van der Waals surface area contributed by atoms with Gasteiger partial charge in [0.25, 0.3) is 0 Å². The van der Waals surface area contributed by atoms with Gasteiger partial charge in [-0.3, -0.25) is 4.99 Å². The van der Waals surface area contributed by atoms with Gasteiger partial charge in [0.1, 0.15) is 19.1 Å². The van der Waals surface area contributed by atoms with E-state index in [1.54, 1.807) is 7.11 Å². The summed E-state index contributed by atoms with van der Waals surface area (Å²) >= 11 is 0. The van der Waals surface area contributed by atoms with Gasteiger partial charge in [0.05, 0.1) is 12.9 Å². The molecular formula is C18H21BN2O. The summed E-state index contributed by atoms with van der Waals surface area (Å²) in [4.78, 5) is 4.85. The Morgan fingerprint density at radius 2 is 1.95 bits per heavy atom. The standard InChI is InChI=1S/C18H21BN2O/c1-12-10-14(6-7-16(12)22-2)18(9-8-17(20)21-18)13-4-3-5-15(19)11-13/h3-7,10-11H,8-9,19H2,1-2H3,(H2,20,21). The number of methoxy groups -OCH3 is 1. The zero-order chi connectivity index (χ0) is 15.7. The predicted molar refractivity (Wildman–Crippen MR) is 94.0 cm³/mol. The molecule has 0 bridgehead atoms. The average molecular weight is 292 g/mol. The molecule has 112 valence electrons. The van der Waals surface area contributed by atoms with Gasteiger partial charge in [-0.25, -0.2) is 0 Å². The molecule has 1 aliphatic rings. The molecule has 2 N–H and O–H groups in total. The van der Waals surface area contributed by atoms with Crippen molar-refractivity contribution in [1.29, 1.82) is 0 Å². The summed E-state index contributed by atoms with van der Waals surface area (Å²) in [5, 5.41) is 0. The molecule has 3 nitrogen and oxygen atoms in total. The number of aliphatic imine (C=N–C) groups is 1. The van der Waals surface area contributed by atoms with Gasteiger partial charge >= 0.3 is 0 Å². The molecule has 1 aliphatic heterocycles. The molecule has 4 heteroatoms. The largest absolute Gasteiger partial charge is 0.496 e. The van der Waals surface area contributed by atoms with E-state index < -0.39 is 0 Å². The van der Waals surface area contributed by atoms with Crippen LogP contribution in [-0.2, 0) is 5.54 Å². The van der Waals surface area contributed by atoms with Gasteiger partial charge < -0.3 is 10.5 Å². The van der Waals surface area contributed by atoms with Gasteiger partial charge in [-0.1, -0.05) is 35.8 Å². The molecule has 1 atom stereocenters. The van der Waals surface area contributed by atoms with Crippen LogP contribution in [0.4, 0.5) is 0 Å². The van der Waals surface area contributed by atoms with E-state index >= 15 is 0 Å². The van der Waals surface area contributed by atoms with Gasteiger partial charge in [-0.05, 0) is 42.2 Å². The number of amidine groups is 1. The Morgan fingerprint density at radius 1 is 1.18 bits per heavy atom. The number of hydrogen-bond donors (Lipinski definition) is 1. The number of ether oxygens (including phenoxy) is 1. The van der Waals surface area contributed by atoms with Crippen LogP contribution in [0.15, 0.2) is 47.5 Å². The van der Waals surface area contributed by atoms with Crippen LogP contribution >= 0.6 is 0 Å². The van der Waals surface area contributed by atoms with E-state index in [4.69, 9.17) is 15.5 Å². The molecule has 0 saturated carbocycles. The third-order valence-corrected chi connectivity index (χ3v) is 4.45. The van der Waals surface area contributed by atoms with Crippen molar-refractivity contribution in [3.8, 4) is 5.75 Å². The van der Waals surface area contributed by atoms with Gasteiger partial charge in [-0.2, -0.15) is 0 Å². The minimum absolute atomic E-state index is 0.368. The molecule has 3 rings (SSSR count). The molecule has 22 heavy (non-hydrogen) atoms. The minimum Gasteiger partial charge on any atom is -0.496 e. The fourth-order valence-electron chi connectivity index (χ4n) is 3.29. The highest BCUT2D eigenvalue weighted by atomic mass is 16.5. The lowest BCUT2D eigenvalue weighted by Crippen LogP contribution is -2.24. The molecule has 0 spiro atoms. The maximum absolute atomic E-state index is 6.04. The van der Waals surface area contributed by atoms with Crippen molar-refractivity contribution in [3.63, 3.8) is 0 Å². The van der Waals surface area contributed by atoms with Gasteiger partial charge in [0.2, 0.25) is 0 Å². The highest BCUT2D eigenvalue weighted by Crippen LogP contribution is 2.42. The number of nitrogens with two attached hydrogens (primary N) is 1. The summed E-state index contributed by atoms with van der Waals surface area (Å²) in [5.74, 6) is 1.63. The summed E-state index contributed by atoms with van der Waals surface area (Å²) in [5.41, 5.74) is 10.4. The molecule has 0 saturated heterocycles. The van der Waals surface area contributed by atoms with Crippen molar-refractivity contribution < 1.29 is 4.74 Å². The third-order valence-electron chi connectivity index (χ3n) is 4.45. The highest BCUT2D eigenvalue weighted by molar-refractivity contribution is 6.32. The molecule has 1 unspecified atom stereocenters. The Morgan fingerprint density at radius 3 is 2.55 bits per heavy atom. The summed E-state index contributed by atoms with van der Waals surface area (Å²) in [6.45, 7) is 2.06. The van der Waals surface area contributed by atoms with E-state index in [0.717, 1.165) is 30.0 Å². The van der Waals surface area contributed by atoms with Gasteiger partial charge in [0, 0.05) is 6.42 Å². The lowest BCUT2D eigenvalue weighted by Gasteiger charge is -2.28. The maximum atomic E-state index is 6.04. The molecule has 0 radical (unpaired) electrons. The first kappa shape index (κ1) is 14.7. The predicted octanol–water partition coefficient (Wildman–Crippen LogP) is 1.66. The molecular weight excluding hydrogens is 271 g/mol. The monoisotopic (exact) mass is 292 g/mol. The number of hydrogen-bond acceptors (Lipinski definition) is 3. The number of rotatable bonds is 3. The van der Waals surface area contributed by atoms with Crippen LogP contribution in [0.25, 0.3) is 0 Å². The second kappa shape index (κ2) is 5.52. The molecule has 0 amide bonds. The Kier molecular flexibility index (Phi) is 3.69. The molecule has 1 heterocycles. The Hall–Kier alpha value is -2.23. The number of aryl methyl sites for hydroxylation is 1. The first-order valence-electron chi connectivity index (χ1n) is 7.61. The minimum atomic E-state index is -0.368. The van der Waals surface area contributed by atoms with E-state index in [2.05, 4.69) is 51.2 Å². The Bertz CT molecular complexity index is 742. The van der Waals surface area contributed by atoms with Gasteiger partial charge in [0.15, 0.2) is 0 Å². The smallest absolute Gasteiger partial charge is 0.139 e. The molecule has 0 aromatic heterocycles. The van der Waals surface area contributed by atoms with Gasteiger partial charge in [-0.15, -0.1) is 0 Å². The van der Waals surface area contributed by atoms with Crippen molar-refractivity contribution in [2.75, 3.05) is 7.11 Å². The van der Waals surface area contributed by atoms with E-state index in [1.165, 1.54) is 16.6 Å². The Balaban J connectivity index is 2.18. The van der Waals surface area contributed by atoms with Crippen LogP contribution in [0, 0.1) is 6.92 Å². The quantitative estimate of drug-likeness (QED) is 0.875. The van der Waals surface area contributed by atoms with Crippen LogP contribution in [-0.4, -0.2) is 20.8 Å². The zero-order valence-electron chi connectivity index (χ0n) is 13.4. The topological polar surface area (TPSA) is 47.6 Å². The summed E-state index contributed by atoms with van der Waals surface area (Å²) in [6, 6.07) is 14.9. The second-order valence-electron chi connectivity index (χ2n) is 6.02. The van der Waals surface area contributed by atoms with E-state index in [9.17, 15) is 0 Å². The molecule has 0 aliphatic carbocycles. The molecule has 0 fully saturated rings. The summed E-state index contributed by atoms with van der Waals surface area (Å²) in [7, 11) is 3.81. The number of benzene rings is 2. The highest BCUT2D eigenvalue weighted by Gasteiger charge is 2.38. The zero-order valence-corrected chi connectivity index (χ0v) is 13.4. The Labute approximate surface area is 132 Å². The number of nitrogens with zero attached hydrogens (tertiary/aromatic N) is 1. The van der Waals surface area contributed by atoms with E-state index in [0.29, 0.717) is 0 Å². The van der Waals surface area contributed by atoms with E-state index in [1.807, 2.05) is 6.07 Å².